The summed E-state index contributed by atoms with van der Waals surface area (Å²) < 4.78 is 0. The molecule has 1 fully saturated rings. The number of rotatable bonds is 1. The topological polar surface area (TPSA) is 49.4 Å². The van der Waals surface area contributed by atoms with Crippen LogP contribution in [0.4, 0.5) is 4.79 Å². The molecule has 3 amide bonds. The van der Waals surface area contributed by atoms with E-state index in [1.54, 1.807) is 4.90 Å². The molecule has 0 atom stereocenters. The van der Waals surface area contributed by atoms with E-state index in [4.69, 9.17) is 0 Å². The largest absolute Gasteiger partial charge is 0.328 e. The van der Waals surface area contributed by atoms with Gasteiger partial charge in [-0.1, -0.05) is 6.08 Å². The summed E-state index contributed by atoms with van der Waals surface area (Å²) in [6.07, 6.45) is 2.23. The van der Waals surface area contributed by atoms with Gasteiger partial charge in [-0.15, -0.1) is 0 Å². The smallest absolute Gasteiger partial charge is 0.298 e. The number of nitrogens with one attached hydrogen (secondary N) is 1. The molecule has 0 aromatic rings. The van der Waals surface area contributed by atoms with Crippen LogP contribution in [0.3, 0.4) is 0 Å². The van der Waals surface area contributed by atoms with Gasteiger partial charge in [0.1, 0.15) is 0 Å². The first-order valence-corrected chi connectivity index (χ1v) is 3.89. The van der Waals surface area contributed by atoms with Gasteiger partial charge in [0, 0.05) is 18.7 Å². The molecule has 0 unspecified atom stereocenters. The quantitative estimate of drug-likeness (QED) is 0.631. The second-order valence-electron chi connectivity index (χ2n) is 2.69. The number of urea groups is 1. The first kappa shape index (κ1) is 8.77. The van der Waals surface area contributed by atoms with Gasteiger partial charge in [0.15, 0.2) is 0 Å². The maximum atomic E-state index is 11.2. The van der Waals surface area contributed by atoms with Crippen LogP contribution in [0.5, 0.6) is 0 Å². The van der Waals surface area contributed by atoms with Crippen LogP contribution in [0, 0.1) is 0 Å². The molecule has 0 spiro atoms. The molecule has 1 saturated heterocycles. The van der Waals surface area contributed by atoms with Gasteiger partial charge in [0.05, 0.1) is 0 Å². The molecule has 0 saturated carbocycles. The Kier molecular flexibility index (Phi) is 2.47. The van der Waals surface area contributed by atoms with E-state index in [0.717, 1.165) is 5.70 Å². The van der Waals surface area contributed by atoms with Crippen LogP contribution in [-0.4, -0.2) is 23.4 Å². The van der Waals surface area contributed by atoms with Crippen LogP contribution in [0.2, 0.25) is 0 Å². The van der Waals surface area contributed by atoms with Crippen molar-refractivity contribution in [2.24, 2.45) is 0 Å². The van der Waals surface area contributed by atoms with E-state index < -0.39 is 0 Å². The van der Waals surface area contributed by atoms with E-state index in [9.17, 15) is 9.59 Å². The molecule has 1 N–H and O–H groups in total. The van der Waals surface area contributed by atoms with E-state index in [-0.39, 0.29) is 11.9 Å². The predicted molar refractivity (Wildman–Crippen MR) is 44.3 cm³/mol. The maximum Gasteiger partial charge on any atom is 0.328 e. The van der Waals surface area contributed by atoms with E-state index in [1.165, 1.54) is 0 Å². The van der Waals surface area contributed by atoms with Crippen molar-refractivity contribution in [2.45, 2.75) is 20.3 Å². The number of nitrogens with zero attached hydrogens (tertiary/aromatic N) is 1. The molecule has 0 aromatic heterocycles. The first-order valence-electron chi connectivity index (χ1n) is 3.89. The second-order valence-corrected chi connectivity index (χ2v) is 2.69. The number of amides is 3. The van der Waals surface area contributed by atoms with Gasteiger partial charge in [0.25, 0.3) is 0 Å². The monoisotopic (exact) mass is 168 g/mol. The van der Waals surface area contributed by atoms with Crippen molar-refractivity contribution in [1.29, 1.82) is 0 Å². The lowest BCUT2D eigenvalue weighted by atomic mass is 10.3. The molecule has 0 bridgehead atoms. The molecule has 0 aliphatic carbocycles. The standard InChI is InChI=1S/C8H12N2O2/c1-3-6(2)10-5-4-7(11)9-8(10)12/h3H,4-5H2,1-2H3,(H,9,11,12)/b6-3+. The molecule has 4 nitrogen and oxygen atoms in total. The van der Waals surface area contributed by atoms with Crippen molar-refractivity contribution in [2.75, 3.05) is 6.54 Å². The SMILES string of the molecule is C/C=C(\C)N1CCC(=O)NC1=O. The Morgan fingerprint density at radius 1 is 1.58 bits per heavy atom. The molecule has 12 heavy (non-hydrogen) atoms. The summed E-state index contributed by atoms with van der Waals surface area (Å²) in [4.78, 5) is 23.5. The normalized spacial score (nSPS) is 19.5. The first-order chi connectivity index (χ1) is 5.65. The summed E-state index contributed by atoms with van der Waals surface area (Å²) in [6, 6.07) is -0.318. The zero-order valence-corrected chi connectivity index (χ0v) is 7.26. The van der Waals surface area contributed by atoms with Crippen molar-refractivity contribution >= 4 is 11.9 Å². The molecule has 4 heteroatoms. The number of hydrogen-bond donors (Lipinski definition) is 1. The van der Waals surface area contributed by atoms with Crippen LogP contribution in [0.15, 0.2) is 11.8 Å². The van der Waals surface area contributed by atoms with Gasteiger partial charge in [-0.25, -0.2) is 4.79 Å². The highest BCUT2D eigenvalue weighted by Crippen LogP contribution is 2.08. The van der Waals surface area contributed by atoms with E-state index in [0.29, 0.717) is 13.0 Å². The number of hydrogen-bond acceptors (Lipinski definition) is 2. The van der Waals surface area contributed by atoms with Crippen LogP contribution in [0.25, 0.3) is 0 Å². The third-order valence-corrected chi connectivity index (χ3v) is 1.90. The lowest BCUT2D eigenvalue weighted by molar-refractivity contribution is -0.121. The van der Waals surface area contributed by atoms with E-state index in [2.05, 4.69) is 5.32 Å². The number of carbonyl (C=O) groups excluding carboxylic acids is 2. The molecule has 1 aliphatic heterocycles. The Morgan fingerprint density at radius 3 is 2.75 bits per heavy atom. The lowest BCUT2D eigenvalue weighted by Gasteiger charge is -2.26. The van der Waals surface area contributed by atoms with Gasteiger partial charge in [-0.3, -0.25) is 15.0 Å². The lowest BCUT2D eigenvalue weighted by Crippen LogP contribution is -2.48. The minimum atomic E-state index is -0.318. The van der Waals surface area contributed by atoms with Crippen molar-refractivity contribution in [3.8, 4) is 0 Å². The Balaban J connectivity index is 2.69. The van der Waals surface area contributed by atoms with Crippen molar-refractivity contribution in [1.82, 2.24) is 10.2 Å². The van der Waals surface area contributed by atoms with Crippen molar-refractivity contribution in [3.05, 3.63) is 11.8 Å². The van der Waals surface area contributed by atoms with Crippen LogP contribution >= 0.6 is 0 Å². The van der Waals surface area contributed by atoms with Gasteiger partial charge >= 0.3 is 6.03 Å². The van der Waals surface area contributed by atoms with Crippen molar-refractivity contribution in [3.63, 3.8) is 0 Å². The van der Waals surface area contributed by atoms with Crippen LogP contribution in [-0.2, 0) is 4.79 Å². The average molecular weight is 168 g/mol. The summed E-state index contributed by atoms with van der Waals surface area (Å²) in [7, 11) is 0. The summed E-state index contributed by atoms with van der Waals surface area (Å²) in [5.74, 6) is -0.194. The highest BCUT2D eigenvalue weighted by molar-refractivity contribution is 5.97. The Hall–Kier alpha value is -1.32. The Morgan fingerprint density at radius 2 is 2.25 bits per heavy atom. The summed E-state index contributed by atoms with van der Waals surface area (Å²) in [5.41, 5.74) is 0.875. The number of allylic oxidation sites excluding steroid dienone is 2. The van der Waals surface area contributed by atoms with E-state index >= 15 is 0 Å². The maximum absolute atomic E-state index is 11.2. The second kappa shape index (κ2) is 3.38. The average Bonchev–Trinajstić information content (AvgIpc) is 2.03. The van der Waals surface area contributed by atoms with Crippen molar-refractivity contribution < 1.29 is 9.59 Å². The fourth-order valence-corrected chi connectivity index (χ4v) is 1.06. The molecular formula is C8H12N2O2. The molecule has 1 heterocycles. The third-order valence-electron chi connectivity index (χ3n) is 1.90. The van der Waals surface area contributed by atoms with Gasteiger partial charge in [-0.2, -0.15) is 0 Å². The fraction of sp³-hybridized carbons (Fsp3) is 0.500. The van der Waals surface area contributed by atoms with Crippen LogP contribution < -0.4 is 5.32 Å². The molecule has 1 aliphatic rings. The summed E-state index contributed by atoms with van der Waals surface area (Å²) in [5, 5.41) is 2.25. The van der Waals surface area contributed by atoms with E-state index in [1.807, 2.05) is 19.9 Å². The molecule has 0 aromatic carbocycles. The minimum absolute atomic E-state index is 0.194. The molecule has 1 rings (SSSR count). The third kappa shape index (κ3) is 1.64. The zero-order chi connectivity index (χ0) is 9.14. The zero-order valence-electron chi connectivity index (χ0n) is 7.26. The molecular weight excluding hydrogens is 156 g/mol. The summed E-state index contributed by atoms with van der Waals surface area (Å²) >= 11 is 0. The molecule has 66 valence electrons. The highest BCUT2D eigenvalue weighted by Gasteiger charge is 2.23. The summed E-state index contributed by atoms with van der Waals surface area (Å²) in [6.45, 7) is 4.19. The number of carbonyl (C=O) groups is 2. The Bertz CT molecular complexity index is 245. The van der Waals surface area contributed by atoms with Gasteiger partial charge in [-0.05, 0) is 13.8 Å². The number of imide groups is 1. The van der Waals surface area contributed by atoms with Gasteiger partial charge < -0.3 is 0 Å². The fourth-order valence-electron chi connectivity index (χ4n) is 1.06. The highest BCUT2D eigenvalue weighted by atomic mass is 16.2. The Labute approximate surface area is 71.2 Å². The minimum Gasteiger partial charge on any atom is -0.298 e. The molecule has 0 radical (unpaired) electrons. The predicted octanol–water partition coefficient (Wildman–Crippen LogP) is 0.852. The van der Waals surface area contributed by atoms with Gasteiger partial charge in [0.2, 0.25) is 5.91 Å². The van der Waals surface area contributed by atoms with Crippen LogP contribution in [0.1, 0.15) is 20.3 Å².